The molecule has 88 valence electrons. The average Bonchev–Trinajstić information content (AvgIpc) is 2.46. The molecule has 1 heterocycles. The lowest BCUT2D eigenvalue weighted by Gasteiger charge is -2.15. The third kappa shape index (κ3) is 5.17. The van der Waals surface area contributed by atoms with E-state index in [1.165, 1.54) is 32.2 Å². The quantitative estimate of drug-likeness (QED) is 0.768. The van der Waals surface area contributed by atoms with E-state index in [0.29, 0.717) is 6.42 Å². The third-order valence-corrected chi connectivity index (χ3v) is 3.15. The average molecular weight is 212 g/mol. The minimum atomic E-state index is 0.261. The van der Waals surface area contributed by atoms with E-state index < -0.39 is 0 Å². The Morgan fingerprint density at radius 1 is 1.40 bits per heavy atom. The summed E-state index contributed by atoms with van der Waals surface area (Å²) >= 11 is 0. The molecule has 0 spiro atoms. The van der Waals surface area contributed by atoms with Gasteiger partial charge < -0.3 is 10.2 Å². The van der Waals surface area contributed by atoms with Crippen LogP contribution < -0.4 is 5.32 Å². The summed E-state index contributed by atoms with van der Waals surface area (Å²) in [5.41, 5.74) is 0. The molecule has 1 aliphatic rings. The number of carbonyl (C=O) groups is 1. The van der Waals surface area contributed by atoms with E-state index in [1.807, 2.05) is 14.1 Å². The Hall–Kier alpha value is -0.570. The van der Waals surface area contributed by atoms with Crippen molar-refractivity contribution in [2.75, 3.05) is 27.2 Å². The van der Waals surface area contributed by atoms with Gasteiger partial charge in [0, 0.05) is 20.5 Å². The topological polar surface area (TPSA) is 32.3 Å². The van der Waals surface area contributed by atoms with Crippen LogP contribution in [0.25, 0.3) is 0 Å². The van der Waals surface area contributed by atoms with Crippen LogP contribution in [0.4, 0.5) is 0 Å². The Bertz CT molecular complexity index is 184. The first-order valence-corrected chi connectivity index (χ1v) is 6.11. The molecule has 3 nitrogen and oxygen atoms in total. The first-order valence-electron chi connectivity index (χ1n) is 6.11. The molecular formula is C12H24N2O. The summed E-state index contributed by atoms with van der Waals surface area (Å²) < 4.78 is 0. The fourth-order valence-electron chi connectivity index (χ4n) is 2.10. The molecule has 15 heavy (non-hydrogen) atoms. The van der Waals surface area contributed by atoms with E-state index in [1.54, 1.807) is 4.90 Å². The van der Waals surface area contributed by atoms with Gasteiger partial charge in [-0.2, -0.15) is 0 Å². The van der Waals surface area contributed by atoms with Crippen molar-refractivity contribution < 1.29 is 4.79 Å². The van der Waals surface area contributed by atoms with Gasteiger partial charge in [-0.05, 0) is 44.7 Å². The Kier molecular flexibility index (Phi) is 5.69. The Morgan fingerprint density at radius 3 is 2.93 bits per heavy atom. The fourth-order valence-corrected chi connectivity index (χ4v) is 2.10. The van der Waals surface area contributed by atoms with E-state index in [2.05, 4.69) is 5.32 Å². The van der Waals surface area contributed by atoms with Crippen molar-refractivity contribution in [3.05, 3.63) is 0 Å². The van der Waals surface area contributed by atoms with Gasteiger partial charge in [-0.1, -0.05) is 6.42 Å². The van der Waals surface area contributed by atoms with Crippen LogP contribution >= 0.6 is 0 Å². The zero-order chi connectivity index (χ0) is 11.1. The first kappa shape index (κ1) is 12.5. The van der Waals surface area contributed by atoms with E-state index >= 15 is 0 Å². The van der Waals surface area contributed by atoms with Crippen molar-refractivity contribution in [3.8, 4) is 0 Å². The summed E-state index contributed by atoms with van der Waals surface area (Å²) in [6.07, 6.45) is 6.95. The monoisotopic (exact) mass is 212 g/mol. The van der Waals surface area contributed by atoms with Crippen molar-refractivity contribution in [2.24, 2.45) is 5.92 Å². The minimum absolute atomic E-state index is 0.261. The molecule has 1 N–H and O–H groups in total. The number of hydrogen-bond acceptors (Lipinski definition) is 2. The highest BCUT2D eigenvalue weighted by Crippen LogP contribution is 2.17. The Balaban J connectivity index is 2.10. The number of rotatable bonds is 4. The summed E-state index contributed by atoms with van der Waals surface area (Å²) in [6.45, 7) is 2.32. The van der Waals surface area contributed by atoms with Crippen molar-refractivity contribution in [1.29, 1.82) is 0 Å². The maximum absolute atomic E-state index is 11.4. The summed E-state index contributed by atoms with van der Waals surface area (Å²) in [5, 5.41) is 3.46. The molecule has 1 atom stereocenters. The summed E-state index contributed by atoms with van der Waals surface area (Å²) in [4.78, 5) is 13.0. The molecule has 1 aliphatic heterocycles. The second-order valence-electron chi connectivity index (χ2n) is 4.75. The third-order valence-electron chi connectivity index (χ3n) is 3.15. The zero-order valence-corrected chi connectivity index (χ0v) is 10.1. The molecule has 0 radical (unpaired) electrons. The highest BCUT2D eigenvalue weighted by Gasteiger charge is 2.12. The largest absolute Gasteiger partial charge is 0.349 e. The van der Waals surface area contributed by atoms with Gasteiger partial charge in [0.2, 0.25) is 5.91 Å². The van der Waals surface area contributed by atoms with E-state index in [0.717, 1.165) is 18.9 Å². The van der Waals surface area contributed by atoms with Crippen LogP contribution in [0.2, 0.25) is 0 Å². The number of nitrogens with one attached hydrogen (secondary N) is 1. The van der Waals surface area contributed by atoms with Gasteiger partial charge >= 0.3 is 0 Å². The number of amides is 1. The molecule has 0 aromatic carbocycles. The standard InChI is InChI=1S/C12H24N2O/c1-14(2)12(15)8-5-7-11-6-3-4-9-13-10-11/h11,13H,3-10H2,1-2H3. The molecule has 0 bridgehead atoms. The predicted octanol–water partition coefficient (Wildman–Crippen LogP) is 1.63. The van der Waals surface area contributed by atoms with Crippen LogP contribution in [0.3, 0.4) is 0 Å². The second kappa shape index (κ2) is 6.83. The van der Waals surface area contributed by atoms with Crippen molar-refractivity contribution in [3.63, 3.8) is 0 Å². The molecule has 3 heteroatoms. The lowest BCUT2D eigenvalue weighted by atomic mass is 9.97. The van der Waals surface area contributed by atoms with Gasteiger partial charge in [0.1, 0.15) is 0 Å². The van der Waals surface area contributed by atoms with Gasteiger partial charge in [-0.15, -0.1) is 0 Å². The van der Waals surface area contributed by atoms with Gasteiger partial charge in [-0.3, -0.25) is 4.79 Å². The van der Waals surface area contributed by atoms with Gasteiger partial charge in [0.25, 0.3) is 0 Å². The van der Waals surface area contributed by atoms with E-state index in [-0.39, 0.29) is 5.91 Å². The minimum Gasteiger partial charge on any atom is -0.349 e. The van der Waals surface area contributed by atoms with Crippen LogP contribution in [0.15, 0.2) is 0 Å². The fraction of sp³-hybridized carbons (Fsp3) is 0.917. The van der Waals surface area contributed by atoms with Crippen molar-refractivity contribution in [1.82, 2.24) is 10.2 Å². The van der Waals surface area contributed by atoms with Crippen LogP contribution in [0.1, 0.15) is 38.5 Å². The van der Waals surface area contributed by atoms with E-state index in [9.17, 15) is 4.79 Å². The van der Waals surface area contributed by atoms with Crippen LogP contribution in [-0.2, 0) is 4.79 Å². The predicted molar refractivity (Wildman–Crippen MR) is 62.8 cm³/mol. The molecule has 0 aromatic rings. The Morgan fingerprint density at radius 2 is 2.20 bits per heavy atom. The molecule has 0 saturated carbocycles. The molecule has 1 rings (SSSR count). The molecule has 1 saturated heterocycles. The van der Waals surface area contributed by atoms with Crippen LogP contribution in [0, 0.1) is 5.92 Å². The van der Waals surface area contributed by atoms with Crippen molar-refractivity contribution >= 4 is 5.91 Å². The van der Waals surface area contributed by atoms with Gasteiger partial charge in [0.05, 0.1) is 0 Å². The van der Waals surface area contributed by atoms with Gasteiger partial charge in [0.15, 0.2) is 0 Å². The second-order valence-corrected chi connectivity index (χ2v) is 4.75. The number of hydrogen-bond donors (Lipinski definition) is 1. The van der Waals surface area contributed by atoms with Crippen LogP contribution in [-0.4, -0.2) is 38.0 Å². The maximum Gasteiger partial charge on any atom is 0.222 e. The molecule has 1 fully saturated rings. The van der Waals surface area contributed by atoms with Gasteiger partial charge in [-0.25, -0.2) is 0 Å². The SMILES string of the molecule is CN(C)C(=O)CCCC1CCCCNC1. The normalized spacial score (nSPS) is 22.1. The smallest absolute Gasteiger partial charge is 0.222 e. The zero-order valence-electron chi connectivity index (χ0n) is 10.1. The van der Waals surface area contributed by atoms with Crippen LogP contribution in [0.5, 0.6) is 0 Å². The molecule has 0 aliphatic carbocycles. The first-order chi connectivity index (χ1) is 7.20. The van der Waals surface area contributed by atoms with E-state index in [4.69, 9.17) is 0 Å². The summed E-state index contributed by atoms with van der Waals surface area (Å²) in [7, 11) is 3.66. The highest BCUT2D eigenvalue weighted by atomic mass is 16.2. The summed E-state index contributed by atoms with van der Waals surface area (Å²) in [5.74, 6) is 1.05. The lowest BCUT2D eigenvalue weighted by molar-refractivity contribution is -0.128. The molecule has 1 unspecified atom stereocenters. The number of nitrogens with zero attached hydrogens (tertiary/aromatic N) is 1. The highest BCUT2D eigenvalue weighted by molar-refractivity contribution is 5.75. The molecule has 1 amide bonds. The molecule has 0 aromatic heterocycles. The lowest BCUT2D eigenvalue weighted by Crippen LogP contribution is -2.23. The number of carbonyl (C=O) groups excluding carboxylic acids is 1. The Labute approximate surface area is 93.2 Å². The maximum atomic E-state index is 11.4. The summed E-state index contributed by atoms with van der Waals surface area (Å²) in [6, 6.07) is 0. The van der Waals surface area contributed by atoms with Crippen molar-refractivity contribution in [2.45, 2.75) is 38.5 Å². The molecular weight excluding hydrogens is 188 g/mol.